The van der Waals surface area contributed by atoms with Gasteiger partial charge in [0.2, 0.25) is 0 Å². The fraction of sp³-hybridized carbons (Fsp3) is 0.600. The topological polar surface area (TPSA) is 44.1 Å². The SMILES string of the molecule is CCc1nccn1C(=O)OC(C)(C)C. The third-order valence-electron chi connectivity index (χ3n) is 1.62. The number of carbonyl (C=O) groups excluding carboxylic acids is 1. The Morgan fingerprint density at radius 1 is 1.57 bits per heavy atom. The quantitative estimate of drug-likeness (QED) is 0.691. The largest absolute Gasteiger partial charge is 0.443 e. The highest BCUT2D eigenvalue weighted by atomic mass is 16.6. The van der Waals surface area contributed by atoms with Crippen molar-refractivity contribution in [2.24, 2.45) is 0 Å². The summed E-state index contributed by atoms with van der Waals surface area (Å²) in [6, 6.07) is 0. The van der Waals surface area contributed by atoms with Crippen LogP contribution in [0.4, 0.5) is 4.79 Å². The Kier molecular flexibility index (Phi) is 2.93. The van der Waals surface area contributed by atoms with Crippen LogP contribution in [0, 0.1) is 0 Å². The molecule has 0 N–H and O–H groups in total. The maximum Gasteiger partial charge on any atom is 0.419 e. The molecule has 0 aliphatic heterocycles. The molecule has 0 unspecified atom stereocenters. The number of aromatic nitrogens is 2. The standard InChI is InChI=1S/C10H16N2O2/c1-5-8-11-6-7-12(8)9(13)14-10(2,3)4/h6-7H,5H2,1-4H3. The van der Waals surface area contributed by atoms with Gasteiger partial charge in [0, 0.05) is 18.8 Å². The van der Waals surface area contributed by atoms with E-state index in [1.54, 1.807) is 12.4 Å². The van der Waals surface area contributed by atoms with E-state index in [2.05, 4.69) is 4.98 Å². The molecule has 1 heterocycles. The lowest BCUT2D eigenvalue weighted by molar-refractivity contribution is 0.0532. The summed E-state index contributed by atoms with van der Waals surface area (Å²) in [4.78, 5) is 15.6. The Hall–Kier alpha value is -1.32. The van der Waals surface area contributed by atoms with E-state index >= 15 is 0 Å². The molecule has 0 aliphatic rings. The summed E-state index contributed by atoms with van der Waals surface area (Å²) in [5.74, 6) is 0.722. The van der Waals surface area contributed by atoms with Gasteiger partial charge in [0.1, 0.15) is 11.4 Å². The predicted molar refractivity (Wildman–Crippen MR) is 53.2 cm³/mol. The number of nitrogens with zero attached hydrogens (tertiary/aromatic N) is 2. The van der Waals surface area contributed by atoms with E-state index in [1.165, 1.54) is 4.57 Å². The third kappa shape index (κ3) is 2.58. The average Bonchev–Trinajstić information content (AvgIpc) is 2.47. The van der Waals surface area contributed by atoms with Crippen LogP contribution in [0.2, 0.25) is 0 Å². The van der Waals surface area contributed by atoms with Crippen molar-refractivity contribution in [3.8, 4) is 0 Å². The van der Waals surface area contributed by atoms with Gasteiger partial charge in [-0.2, -0.15) is 0 Å². The smallest absolute Gasteiger partial charge is 0.419 e. The minimum atomic E-state index is -0.466. The van der Waals surface area contributed by atoms with Crippen molar-refractivity contribution >= 4 is 6.09 Å². The summed E-state index contributed by atoms with van der Waals surface area (Å²) in [5.41, 5.74) is -0.466. The van der Waals surface area contributed by atoms with Gasteiger partial charge >= 0.3 is 6.09 Å². The highest BCUT2D eigenvalue weighted by molar-refractivity contribution is 5.71. The van der Waals surface area contributed by atoms with Crippen molar-refractivity contribution in [3.05, 3.63) is 18.2 Å². The minimum Gasteiger partial charge on any atom is -0.443 e. The Morgan fingerprint density at radius 3 is 2.71 bits per heavy atom. The van der Waals surface area contributed by atoms with E-state index in [-0.39, 0.29) is 6.09 Å². The lowest BCUT2D eigenvalue weighted by atomic mass is 10.2. The van der Waals surface area contributed by atoms with Crippen LogP contribution in [0.3, 0.4) is 0 Å². The number of carbonyl (C=O) groups is 1. The predicted octanol–water partition coefficient (Wildman–Crippen LogP) is 2.23. The van der Waals surface area contributed by atoms with Gasteiger partial charge in [-0.15, -0.1) is 0 Å². The molecular weight excluding hydrogens is 180 g/mol. The van der Waals surface area contributed by atoms with Gasteiger partial charge in [-0.25, -0.2) is 14.3 Å². The molecule has 0 saturated carbocycles. The second-order valence-electron chi connectivity index (χ2n) is 4.05. The first-order valence-electron chi connectivity index (χ1n) is 4.69. The van der Waals surface area contributed by atoms with Gasteiger partial charge in [-0.3, -0.25) is 0 Å². The zero-order valence-corrected chi connectivity index (χ0v) is 9.07. The van der Waals surface area contributed by atoms with Crippen molar-refractivity contribution < 1.29 is 9.53 Å². The lowest BCUT2D eigenvalue weighted by Crippen LogP contribution is -2.27. The number of aryl methyl sites for hydroxylation is 1. The lowest BCUT2D eigenvalue weighted by Gasteiger charge is -2.19. The fourth-order valence-corrected chi connectivity index (χ4v) is 1.07. The summed E-state index contributed by atoms with van der Waals surface area (Å²) in [6.07, 6.45) is 3.56. The molecule has 0 saturated heterocycles. The normalized spacial score (nSPS) is 11.4. The average molecular weight is 196 g/mol. The van der Waals surface area contributed by atoms with E-state index in [4.69, 9.17) is 4.74 Å². The summed E-state index contributed by atoms with van der Waals surface area (Å²) in [5, 5.41) is 0. The van der Waals surface area contributed by atoms with Crippen molar-refractivity contribution in [1.29, 1.82) is 0 Å². The van der Waals surface area contributed by atoms with Crippen LogP contribution < -0.4 is 0 Å². The number of hydrogen-bond acceptors (Lipinski definition) is 3. The minimum absolute atomic E-state index is 0.369. The Morgan fingerprint density at radius 2 is 2.21 bits per heavy atom. The van der Waals surface area contributed by atoms with Crippen molar-refractivity contribution in [1.82, 2.24) is 9.55 Å². The summed E-state index contributed by atoms with van der Waals surface area (Å²) in [6.45, 7) is 7.47. The Balaban J connectivity index is 2.80. The molecule has 0 spiro atoms. The highest BCUT2D eigenvalue weighted by Gasteiger charge is 2.18. The van der Waals surface area contributed by atoms with Crippen LogP contribution in [0.1, 0.15) is 33.5 Å². The zero-order valence-electron chi connectivity index (χ0n) is 9.07. The molecule has 4 heteroatoms. The molecule has 14 heavy (non-hydrogen) atoms. The van der Waals surface area contributed by atoms with Crippen LogP contribution in [-0.4, -0.2) is 21.2 Å². The van der Waals surface area contributed by atoms with Gasteiger partial charge < -0.3 is 4.74 Å². The Bertz CT molecular complexity index is 323. The third-order valence-corrected chi connectivity index (χ3v) is 1.62. The van der Waals surface area contributed by atoms with Crippen LogP contribution in [0.15, 0.2) is 12.4 Å². The van der Waals surface area contributed by atoms with Crippen molar-refractivity contribution in [2.45, 2.75) is 39.7 Å². The molecule has 1 aromatic heterocycles. The maximum absolute atomic E-state index is 11.6. The number of rotatable bonds is 1. The molecule has 0 bridgehead atoms. The first kappa shape index (κ1) is 10.8. The highest BCUT2D eigenvalue weighted by Crippen LogP contribution is 2.10. The van der Waals surface area contributed by atoms with E-state index in [1.807, 2.05) is 27.7 Å². The van der Waals surface area contributed by atoms with Crippen molar-refractivity contribution in [3.63, 3.8) is 0 Å². The first-order valence-corrected chi connectivity index (χ1v) is 4.69. The van der Waals surface area contributed by atoms with Gasteiger partial charge in [0.15, 0.2) is 0 Å². The van der Waals surface area contributed by atoms with E-state index in [9.17, 15) is 4.79 Å². The summed E-state index contributed by atoms with van der Waals surface area (Å²) < 4.78 is 6.64. The Labute approximate surface area is 83.9 Å². The number of ether oxygens (including phenoxy) is 1. The van der Waals surface area contributed by atoms with Gasteiger partial charge in [0.25, 0.3) is 0 Å². The van der Waals surface area contributed by atoms with Crippen LogP contribution in [0.5, 0.6) is 0 Å². The molecule has 0 aliphatic carbocycles. The summed E-state index contributed by atoms with van der Waals surface area (Å²) >= 11 is 0. The molecule has 0 aromatic carbocycles. The van der Waals surface area contributed by atoms with Crippen LogP contribution >= 0.6 is 0 Å². The fourth-order valence-electron chi connectivity index (χ4n) is 1.07. The molecule has 78 valence electrons. The van der Waals surface area contributed by atoms with Gasteiger partial charge in [-0.05, 0) is 20.8 Å². The molecule has 1 rings (SSSR count). The molecular formula is C10H16N2O2. The van der Waals surface area contributed by atoms with Gasteiger partial charge in [-0.1, -0.05) is 6.92 Å². The second-order valence-corrected chi connectivity index (χ2v) is 4.05. The monoisotopic (exact) mass is 196 g/mol. The first-order chi connectivity index (χ1) is 6.44. The second kappa shape index (κ2) is 3.82. The zero-order chi connectivity index (χ0) is 10.8. The van der Waals surface area contributed by atoms with Crippen LogP contribution in [-0.2, 0) is 11.2 Å². The van der Waals surface area contributed by atoms with Crippen LogP contribution in [0.25, 0.3) is 0 Å². The molecule has 0 fully saturated rings. The molecule has 4 nitrogen and oxygen atoms in total. The van der Waals surface area contributed by atoms with E-state index in [0.29, 0.717) is 6.42 Å². The molecule has 0 atom stereocenters. The maximum atomic E-state index is 11.6. The molecule has 0 radical (unpaired) electrons. The number of hydrogen-bond donors (Lipinski definition) is 0. The number of imidazole rings is 1. The molecule has 1 aromatic rings. The van der Waals surface area contributed by atoms with E-state index < -0.39 is 5.60 Å². The van der Waals surface area contributed by atoms with Gasteiger partial charge in [0.05, 0.1) is 0 Å². The molecule has 0 amide bonds. The van der Waals surface area contributed by atoms with Crippen molar-refractivity contribution in [2.75, 3.05) is 0 Å². The summed E-state index contributed by atoms with van der Waals surface area (Å²) in [7, 11) is 0. The van der Waals surface area contributed by atoms with E-state index in [0.717, 1.165) is 5.82 Å².